The van der Waals surface area contributed by atoms with Gasteiger partial charge in [0.2, 0.25) is 5.91 Å². The first-order valence-electron chi connectivity index (χ1n) is 10.6. The monoisotopic (exact) mass is 444 g/mol. The van der Waals surface area contributed by atoms with Crippen LogP contribution >= 0.6 is 0 Å². The summed E-state index contributed by atoms with van der Waals surface area (Å²) < 4.78 is 12.5. The van der Waals surface area contributed by atoms with Crippen molar-refractivity contribution in [3.05, 3.63) is 47.3 Å². The standard InChI is InChI=1S/C21H28N6O5/c1-3-31-19(32-4-2)14-27-12-17(24-25-27)20(29)23-11-15-5-7-16(8-6-15)21(30)26-10-9-22-18(28)13-26/h5-8,12,19H,3-4,9-11,13-14H2,1-2H3,(H,22,28)(H,23,29). The molecule has 1 aromatic heterocycles. The van der Waals surface area contributed by atoms with Crippen LogP contribution in [0.5, 0.6) is 0 Å². The summed E-state index contributed by atoms with van der Waals surface area (Å²) in [6.45, 7) is 6.36. The summed E-state index contributed by atoms with van der Waals surface area (Å²) in [7, 11) is 0. The van der Waals surface area contributed by atoms with Crippen molar-refractivity contribution in [3.8, 4) is 0 Å². The summed E-state index contributed by atoms with van der Waals surface area (Å²) in [6.07, 6.45) is 1.08. The molecule has 2 heterocycles. The highest BCUT2D eigenvalue weighted by Crippen LogP contribution is 2.09. The fourth-order valence-electron chi connectivity index (χ4n) is 3.20. The Bertz CT molecular complexity index is 923. The van der Waals surface area contributed by atoms with Crippen LogP contribution in [0.25, 0.3) is 0 Å². The third-order valence-corrected chi connectivity index (χ3v) is 4.79. The number of carbonyl (C=O) groups excluding carboxylic acids is 3. The van der Waals surface area contributed by atoms with Crippen molar-refractivity contribution in [2.45, 2.75) is 33.2 Å². The molecule has 32 heavy (non-hydrogen) atoms. The summed E-state index contributed by atoms with van der Waals surface area (Å²) in [4.78, 5) is 37.9. The summed E-state index contributed by atoms with van der Waals surface area (Å²) in [5, 5.41) is 13.3. The van der Waals surface area contributed by atoms with Gasteiger partial charge >= 0.3 is 0 Å². The lowest BCUT2D eigenvalue weighted by molar-refractivity contribution is -0.145. The number of piperazine rings is 1. The third-order valence-electron chi connectivity index (χ3n) is 4.79. The minimum atomic E-state index is -0.455. The molecule has 11 nitrogen and oxygen atoms in total. The van der Waals surface area contributed by atoms with Gasteiger partial charge in [-0.25, -0.2) is 4.68 Å². The smallest absolute Gasteiger partial charge is 0.273 e. The molecule has 2 N–H and O–H groups in total. The summed E-state index contributed by atoms with van der Waals surface area (Å²) in [6, 6.07) is 6.91. The van der Waals surface area contributed by atoms with E-state index in [-0.39, 0.29) is 36.5 Å². The highest BCUT2D eigenvalue weighted by atomic mass is 16.7. The van der Waals surface area contributed by atoms with Gasteiger partial charge in [-0.3, -0.25) is 14.4 Å². The number of amides is 3. The largest absolute Gasteiger partial charge is 0.353 e. The second-order valence-corrected chi connectivity index (χ2v) is 7.12. The average molecular weight is 444 g/mol. The van der Waals surface area contributed by atoms with Gasteiger partial charge in [0.1, 0.15) is 0 Å². The highest BCUT2D eigenvalue weighted by molar-refractivity contribution is 5.97. The number of aromatic nitrogens is 3. The zero-order valence-electron chi connectivity index (χ0n) is 18.2. The number of carbonyl (C=O) groups is 3. The maximum absolute atomic E-state index is 12.5. The normalized spacial score (nSPS) is 13.8. The Morgan fingerprint density at radius 1 is 1.19 bits per heavy atom. The maximum atomic E-state index is 12.5. The molecule has 0 radical (unpaired) electrons. The van der Waals surface area contributed by atoms with E-state index in [1.165, 1.54) is 15.8 Å². The second-order valence-electron chi connectivity index (χ2n) is 7.12. The molecule has 0 atom stereocenters. The molecule has 1 fully saturated rings. The SMILES string of the molecule is CCOC(Cn1cc(C(=O)NCc2ccc(C(=O)N3CCNC(=O)C3)cc2)nn1)OCC. The van der Waals surface area contributed by atoms with Crippen LogP contribution in [0.1, 0.15) is 40.3 Å². The Morgan fingerprint density at radius 2 is 1.91 bits per heavy atom. The first-order valence-corrected chi connectivity index (χ1v) is 10.6. The molecule has 0 bridgehead atoms. The van der Waals surface area contributed by atoms with Crippen LogP contribution in [-0.4, -0.2) is 76.8 Å². The number of hydrogen-bond donors (Lipinski definition) is 2. The molecule has 3 rings (SSSR count). The Labute approximate surface area is 186 Å². The van der Waals surface area contributed by atoms with Gasteiger partial charge in [0.25, 0.3) is 11.8 Å². The minimum absolute atomic E-state index is 0.0627. The van der Waals surface area contributed by atoms with Crippen molar-refractivity contribution >= 4 is 17.7 Å². The van der Waals surface area contributed by atoms with E-state index < -0.39 is 6.29 Å². The van der Waals surface area contributed by atoms with E-state index in [2.05, 4.69) is 20.9 Å². The molecule has 172 valence electrons. The highest BCUT2D eigenvalue weighted by Gasteiger charge is 2.22. The predicted octanol–water partition coefficient (Wildman–Crippen LogP) is 0.179. The predicted molar refractivity (Wildman–Crippen MR) is 114 cm³/mol. The molecular weight excluding hydrogens is 416 g/mol. The van der Waals surface area contributed by atoms with Gasteiger partial charge in [-0.2, -0.15) is 0 Å². The van der Waals surface area contributed by atoms with Gasteiger partial charge in [0.15, 0.2) is 12.0 Å². The van der Waals surface area contributed by atoms with Crippen molar-refractivity contribution in [2.75, 3.05) is 32.8 Å². The van der Waals surface area contributed by atoms with E-state index in [0.717, 1.165) is 5.56 Å². The Hall–Kier alpha value is -3.31. The van der Waals surface area contributed by atoms with Crippen LogP contribution in [0.2, 0.25) is 0 Å². The lowest BCUT2D eigenvalue weighted by atomic mass is 10.1. The first-order chi connectivity index (χ1) is 15.5. The molecule has 1 aliphatic rings. The van der Waals surface area contributed by atoms with E-state index in [0.29, 0.717) is 38.4 Å². The Morgan fingerprint density at radius 3 is 2.56 bits per heavy atom. The van der Waals surface area contributed by atoms with Crippen molar-refractivity contribution in [3.63, 3.8) is 0 Å². The van der Waals surface area contributed by atoms with Crippen molar-refractivity contribution in [1.29, 1.82) is 0 Å². The fraction of sp³-hybridized carbons (Fsp3) is 0.476. The molecule has 0 unspecified atom stereocenters. The van der Waals surface area contributed by atoms with E-state index in [1.807, 2.05) is 13.8 Å². The molecule has 0 aliphatic carbocycles. The minimum Gasteiger partial charge on any atom is -0.353 e. The molecule has 2 aromatic rings. The summed E-state index contributed by atoms with van der Waals surface area (Å²) in [5.74, 6) is -0.711. The number of nitrogens with one attached hydrogen (secondary N) is 2. The third kappa shape index (κ3) is 6.34. The van der Waals surface area contributed by atoms with Crippen molar-refractivity contribution < 1.29 is 23.9 Å². The number of benzene rings is 1. The zero-order valence-corrected chi connectivity index (χ0v) is 18.2. The maximum Gasteiger partial charge on any atom is 0.273 e. The quantitative estimate of drug-likeness (QED) is 0.500. The van der Waals surface area contributed by atoms with Crippen LogP contribution in [-0.2, 0) is 27.4 Å². The summed E-state index contributed by atoms with van der Waals surface area (Å²) >= 11 is 0. The number of rotatable bonds is 10. The van der Waals surface area contributed by atoms with Crippen LogP contribution in [0, 0.1) is 0 Å². The van der Waals surface area contributed by atoms with Gasteiger partial charge in [-0.05, 0) is 31.5 Å². The first kappa shape index (κ1) is 23.4. The van der Waals surface area contributed by atoms with Gasteiger partial charge < -0.3 is 25.0 Å². The summed E-state index contributed by atoms with van der Waals surface area (Å²) in [5.41, 5.74) is 1.51. The van der Waals surface area contributed by atoms with E-state index in [1.54, 1.807) is 24.3 Å². The molecule has 3 amide bonds. The molecule has 0 saturated carbocycles. The number of nitrogens with zero attached hydrogens (tertiary/aromatic N) is 4. The van der Waals surface area contributed by atoms with E-state index in [9.17, 15) is 14.4 Å². The lowest BCUT2D eigenvalue weighted by Gasteiger charge is -2.26. The van der Waals surface area contributed by atoms with Crippen molar-refractivity contribution in [2.24, 2.45) is 0 Å². The van der Waals surface area contributed by atoms with Gasteiger partial charge in [0, 0.05) is 38.4 Å². The van der Waals surface area contributed by atoms with Crippen LogP contribution in [0.3, 0.4) is 0 Å². The van der Waals surface area contributed by atoms with Gasteiger partial charge in [0.05, 0.1) is 19.3 Å². The van der Waals surface area contributed by atoms with Crippen LogP contribution in [0.4, 0.5) is 0 Å². The topological polar surface area (TPSA) is 128 Å². The fourth-order valence-corrected chi connectivity index (χ4v) is 3.20. The van der Waals surface area contributed by atoms with E-state index >= 15 is 0 Å². The van der Waals surface area contributed by atoms with Crippen LogP contribution in [0.15, 0.2) is 30.5 Å². The van der Waals surface area contributed by atoms with Crippen LogP contribution < -0.4 is 10.6 Å². The van der Waals surface area contributed by atoms with Crippen molar-refractivity contribution in [1.82, 2.24) is 30.5 Å². The Kier molecular flexibility index (Phi) is 8.28. The van der Waals surface area contributed by atoms with E-state index in [4.69, 9.17) is 9.47 Å². The van der Waals surface area contributed by atoms with Gasteiger partial charge in [-0.15, -0.1) is 5.10 Å². The number of hydrogen-bond acceptors (Lipinski definition) is 7. The molecule has 11 heteroatoms. The average Bonchev–Trinajstić information content (AvgIpc) is 3.26. The molecule has 1 saturated heterocycles. The zero-order chi connectivity index (χ0) is 22.9. The molecule has 0 spiro atoms. The van der Waals surface area contributed by atoms with Gasteiger partial charge in [-0.1, -0.05) is 17.3 Å². The second kappa shape index (κ2) is 11.3. The molecule has 1 aliphatic heterocycles. The lowest BCUT2D eigenvalue weighted by Crippen LogP contribution is -2.49. The molecule has 1 aromatic carbocycles. The molecular formula is C21H28N6O5. The Balaban J connectivity index is 1.51. The number of ether oxygens (including phenoxy) is 2.